The third-order valence-electron chi connectivity index (χ3n) is 3.92. The minimum Gasteiger partial charge on any atom is -0.506 e. The van der Waals surface area contributed by atoms with Crippen molar-refractivity contribution in [2.45, 2.75) is 0 Å². The molecule has 2 aromatic carbocycles. The van der Waals surface area contributed by atoms with E-state index in [-0.39, 0.29) is 5.75 Å². The Morgan fingerprint density at radius 3 is 2.43 bits per heavy atom. The maximum atomic E-state index is 9.88. The summed E-state index contributed by atoms with van der Waals surface area (Å²) in [7, 11) is 4.96. The molecule has 1 heterocycles. The van der Waals surface area contributed by atoms with Gasteiger partial charge in [-0.2, -0.15) is 5.10 Å². The quantitative estimate of drug-likeness (QED) is 0.482. The lowest BCUT2D eigenvalue weighted by Crippen LogP contribution is -2.11. The summed E-state index contributed by atoms with van der Waals surface area (Å²) in [6.07, 6.45) is 1.70. The van der Waals surface area contributed by atoms with E-state index in [9.17, 15) is 5.11 Å². The lowest BCUT2D eigenvalue weighted by Gasteiger charge is -2.11. The molecule has 9 heteroatoms. The summed E-state index contributed by atoms with van der Waals surface area (Å²) in [6, 6.07) is 9.21. The van der Waals surface area contributed by atoms with E-state index in [4.69, 9.17) is 9.47 Å². The van der Waals surface area contributed by atoms with Gasteiger partial charge in [-0.25, -0.2) is 4.68 Å². The van der Waals surface area contributed by atoms with E-state index < -0.39 is 0 Å². The molecule has 146 valence electrons. The fourth-order valence-electron chi connectivity index (χ4n) is 2.54. The molecule has 28 heavy (non-hydrogen) atoms. The average Bonchev–Trinajstić information content (AvgIpc) is 3.12. The Hall–Kier alpha value is -2.10. The largest absolute Gasteiger partial charge is 0.506 e. The van der Waals surface area contributed by atoms with Crippen LogP contribution in [0.1, 0.15) is 5.56 Å². The number of phenols is 1. The molecule has 0 fully saturated rings. The van der Waals surface area contributed by atoms with Crippen molar-refractivity contribution in [3.05, 3.63) is 55.0 Å². The standard InChI is InChI=1S/C19H17Br2N3O3S/c1-22-19-24(23-9-11-6-14(20)18(25)15(21)7-11)16(10-28-19)13-5-4-12(26-2)8-17(13)27-3/h4-10,25H,1-3H3. The van der Waals surface area contributed by atoms with Crippen LogP contribution in [0.15, 0.2) is 54.8 Å². The molecule has 0 spiro atoms. The number of hydrogen-bond acceptors (Lipinski definition) is 6. The van der Waals surface area contributed by atoms with Gasteiger partial charge >= 0.3 is 0 Å². The topological polar surface area (TPSA) is 68.3 Å². The first-order valence-electron chi connectivity index (χ1n) is 8.06. The van der Waals surface area contributed by atoms with Crippen molar-refractivity contribution in [2.75, 3.05) is 21.3 Å². The smallest absolute Gasteiger partial charge is 0.205 e. The van der Waals surface area contributed by atoms with Gasteiger partial charge in [0.05, 0.1) is 35.1 Å². The Morgan fingerprint density at radius 2 is 1.82 bits per heavy atom. The molecule has 0 aliphatic carbocycles. The number of halogens is 2. The molecular weight excluding hydrogens is 510 g/mol. The van der Waals surface area contributed by atoms with Crippen molar-refractivity contribution < 1.29 is 14.6 Å². The lowest BCUT2D eigenvalue weighted by atomic mass is 10.1. The Balaban J connectivity index is 2.10. The third-order valence-corrected chi connectivity index (χ3v) is 6.04. The van der Waals surface area contributed by atoms with Gasteiger partial charge in [0.25, 0.3) is 0 Å². The molecule has 0 atom stereocenters. The summed E-state index contributed by atoms with van der Waals surface area (Å²) >= 11 is 8.15. The Morgan fingerprint density at radius 1 is 1.11 bits per heavy atom. The fraction of sp³-hybridized carbons (Fsp3) is 0.158. The monoisotopic (exact) mass is 525 g/mol. The molecule has 0 unspecified atom stereocenters. The van der Waals surface area contributed by atoms with Gasteiger partial charge in [0.2, 0.25) is 4.80 Å². The second kappa shape index (κ2) is 8.93. The van der Waals surface area contributed by atoms with Gasteiger partial charge in [0, 0.05) is 24.1 Å². The number of thiazole rings is 1. The van der Waals surface area contributed by atoms with Crippen LogP contribution in [0.3, 0.4) is 0 Å². The fourth-order valence-corrected chi connectivity index (χ4v) is 4.56. The zero-order valence-electron chi connectivity index (χ0n) is 15.3. The first kappa shape index (κ1) is 20.6. The van der Waals surface area contributed by atoms with Crippen molar-refractivity contribution in [2.24, 2.45) is 10.1 Å². The molecular formula is C19H17Br2N3O3S. The number of ether oxygens (including phenoxy) is 2. The Bertz CT molecular complexity index is 1080. The summed E-state index contributed by atoms with van der Waals surface area (Å²) in [5, 5.41) is 16.5. The molecule has 0 saturated heterocycles. The highest BCUT2D eigenvalue weighted by Gasteiger charge is 2.13. The van der Waals surface area contributed by atoms with E-state index in [1.165, 1.54) is 11.3 Å². The molecule has 0 bridgehead atoms. The van der Waals surface area contributed by atoms with E-state index in [1.807, 2.05) is 23.6 Å². The SMILES string of the molecule is CN=c1scc(-c2ccc(OC)cc2OC)n1N=Cc1cc(Br)c(O)c(Br)c1. The summed E-state index contributed by atoms with van der Waals surface area (Å²) < 4.78 is 13.7. The zero-order chi connectivity index (χ0) is 20.3. The van der Waals surface area contributed by atoms with Crippen LogP contribution in [0.25, 0.3) is 11.3 Å². The van der Waals surface area contributed by atoms with Gasteiger partial charge in [-0.1, -0.05) is 0 Å². The zero-order valence-corrected chi connectivity index (χ0v) is 19.3. The predicted octanol–water partition coefficient (Wildman–Crippen LogP) is 4.88. The van der Waals surface area contributed by atoms with E-state index in [0.29, 0.717) is 20.4 Å². The van der Waals surface area contributed by atoms with Gasteiger partial charge < -0.3 is 14.6 Å². The number of rotatable bonds is 5. The summed E-state index contributed by atoms with van der Waals surface area (Å²) in [5.74, 6) is 1.54. The maximum absolute atomic E-state index is 9.88. The van der Waals surface area contributed by atoms with E-state index in [0.717, 1.165) is 21.6 Å². The summed E-state index contributed by atoms with van der Waals surface area (Å²) in [4.78, 5) is 5.05. The summed E-state index contributed by atoms with van der Waals surface area (Å²) in [5.41, 5.74) is 2.53. The van der Waals surface area contributed by atoms with Crippen LogP contribution in [-0.2, 0) is 0 Å². The van der Waals surface area contributed by atoms with Gasteiger partial charge in [-0.3, -0.25) is 4.99 Å². The van der Waals surface area contributed by atoms with Crippen molar-refractivity contribution >= 4 is 49.4 Å². The second-order valence-electron chi connectivity index (χ2n) is 5.58. The van der Waals surface area contributed by atoms with Gasteiger partial charge in [-0.05, 0) is 61.7 Å². The van der Waals surface area contributed by atoms with Gasteiger partial charge in [-0.15, -0.1) is 11.3 Å². The van der Waals surface area contributed by atoms with Crippen LogP contribution >= 0.6 is 43.2 Å². The number of nitrogens with zero attached hydrogens (tertiary/aromatic N) is 3. The maximum Gasteiger partial charge on any atom is 0.205 e. The minimum atomic E-state index is 0.147. The lowest BCUT2D eigenvalue weighted by molar-refractivity contribution is 0.395. The molecule has 0 saturated carbocycles. The molecule has 0 aliphatic rings. The van der Waals surface area contributed by atoms with Gasteiger partial charge in [0.15, 0.2) is 0 Å². The number of phenolic OH excluding ortho intramolecular Hbond substituents is 1. The molecule has 3 aromatic rings. The number of aromatic hydroxyl groups is 1. The molecule has 0 radical (unpaired) electrons. The van der Waals surface area contributed by atoms with E-state index in [1.54, 1.807) is 44.3 Å². The van der Waals surface area contributed by atoms with Crippen LogP contribution in [0, 0.1) is 0 Å². The Labute approximate surface area is 183 Å². The van der Waals surface area contributed by atoms with E-state index >= 15 is 0 Å². The highest BCUT2D eigenvalue weighted by molar-refractivity contribution is 9.11. The van der Waals surface area contributed by atoms with Crippen LogP contribution < -0.4 is 14.3 Å². The first-order chi connectivity index (χ1) is 13.5. The minimum absolute atomic E-state index is 0.147. The third kappa shape index (κ3) is 4.16. The highest BCUT2D eigenvalue weighted by Crippen LogP contribution is 2.34. The highest BCUT2D eigenvalue weighted by atomic mass is 79.9. The molecule has 3 rings (SSSR count). The molecule has 1 aromatic heterocycles. The molecule has 6 nitrogen and oxygen atoms in total. The molecule has 0 aliphatic heterocycles. The number of benzene rings is 2. The molecule has 1 N–H and O–H groups in total. The van der Waals surface area contributed by atoms with Crippen molar-refractivity contribution in [1.82, 2.24) is 4.68 Å². The van der Waals surface area contributed by atoms with Crippen molar-refractivity contribution in [1.29, 1.82) is 0 Å². The number of hydrogen-bond donors (Lipinski definition) is 1. The number of methoxy groups -OCH3 is 2. The number of aromatic nitrogens is 1. The Kier molecular flexibility index (Phi) is 6.58. The summed E-state index contributed by atoms with van der Waals surface area (Å²) in [6.45, 7) is 0. The normalized spacial score (nSPS) is 12.0. The molecule has 0 amide bonds. The van der Waals surface area contributed by atoms with Crippen LogP contribution in [0.2, 0.25) is 0 Å². The van der Waals surface area contributed by atoms with Crippen molar-refractivity contribution in [3.8, 4) is 28.5 Å². The average molecular weight is 527 g/mol. The van der Waals surface area contributed by atoms with Crippen LogP contribution in [0.4, 0.5) is 0 Å². The second-order valence-corrected chi connectivity index (χ2v) is 8.13. The van der Waals surface area contributed by atoms with E-state index in [2.05, 4.69) is 42.0 Å². The first-order valence-corrected chi connectivity index (χ1v) is 10.5. The van der Waals surface area contributed by atoms with Crippen LogP contribution in [-0.4, -0.2) is 37.3 Å². The predicted molar refractivity (Wildman–Crippen MR) is 119 cm³/mol. The van der Waals surface area contributed by atoms with Gasteiger partial charge in [0.1, 0.15) is 17.2 Å². The van der Waals surface area contributed by atoms with Crippen molar-refractivity contribution in [3.63, 3.8) is 0 Å². The van der Waals surface area contributed by atoms with Crippen LogP contribution in [0.5, 0.6) is 17.2 Å².